The summed E-state index contributed by atoms with van der Waals surface area (Å²) >= 11 is 1.58. The number of halogens is 1. The number of rotatable bonds is 8. The first-order chi connectivity index (χ1) is 19.2. The van der Waals surface area contributed by atoms with Crippen LogP contribution in [0, 0.1) is 5.82 Å². The quantitative estimate of drug-likeness (QED) is 0.205. The van der Waals surface area contributed by atoms with Crippen LogP contribution in [0.1, 0.15) is 50.5 Å². The second-order valence-corrected chi connectivity index (χ2v) is 10.6. The van der Waals surface area contributed by atoms with E-state index in [4.69, 9.17) is 14.1 Å². The van der Waals surface area contributed by atoms with Crippen LogP contribution in [0.3, 0.4) is 0 Å². The number of carbonyl (C=O) groups excluding carboxylic acids is 1. The van der Waals surface area contributed by atoms with E-state index in [-0.39, 0.29) is 18.3 Å². The maximum atomic E-state index is 14.3. The Morgan fingerprint density at radius 1 is 1.03 bits per heavy atom. The second-order valence-electron chi connectivity index (χ2n) is 9.49. The highest BCUT2D eigenvalue weighted by Gasteiger charge is 2.25. The van der Waals surface area contributed by atoms with Gasteiger partial charge in [0.1, 0.15) is 28.9 Å². The molecule has 5 aromatic rings. The first-order valence-electron chi connectivity index (χ1n) is 13.0. The van der Waals surface area contributed by atoms with Crippen LogP contribution in [0.4, 0.5) is 9.39 Å². The fourth-order valence-electron chi connectivity index (χ4n) is 4.97. The van der Waals surface area contributed by atoms with Crippen molar-refractivity contribution in [2.24, 2.45) is 4.99 Å². The van der Waals surface area contributed by atoms with Gasteiger partial charge in [0.2, 0.25) is 0 Å². The Hall–Kier alpha value is -4.23. The number of aliphatic imine (C=N–C) groups is 1. The second kappa shape index (κ2) is 11.3. The third-order valence-corrected chi connectivity index (χ3v) is 8.17. The van der Waals surface area contributed by atoms with Crippen LogP contribution in [0.25, 0.3) is 10.8 Å². The highest BCUT2D eigenvalue weighted by atomic mass is 32.1. The zero-order valence-corrected chi connectivity index (χ0v) is 22.1. The first-order valence-corrected chi connectivity index (χ1v) is 13.9. The summed E-state index contributed by atoms with van der Waals surface area (Å²) in [5, 5.41) is 5.70. The van der Waals surface area contributed by atoms with E-state index in [0.29, 0.717) is 34.2 Å². The minimum absolute atomic E-state index is 0.0968. The maximum Gasteiger partial charge on any atom is 0.255 e. The lowest BCUT2D eigenvalue weighted by molar-refractivity contribution is 0.0948. The van der Waals surface area contributed by atoms with Gasteiger partial charge in [-0.15, -0.1) is 11.3 Å². The van der Waals surface area contributed by atoms with Crippen LogP contribution in [0.15, 0.2) is 88.5 Å². The molecule has 196 valence electrons. The Kier molecular flexibility index (Phi) is 7.23. The van der Waals surface area contributed by atoms with Crippen molar-refractivity contribution in [2.45, 2.75) is 38.8 Å². The van der Waals surface area contributed by atoms with Crippen molar-refractivity contribution < 1.29 is 18.3 Å². The average Bonchev–Trinajstić information content (AvgIpc) is 3.62. The fraction of sp³-hybridized carbons (Fsp3) is 0.188. The fourth-order valence-corrected chi connectivity index (χ4v) is 6.20. The number of nitrogens with one attached hydrogen (secondary N) is 1. The molecule has 0 aliphatic heterocycles. The summed E-state index contributed by atoms with van der Waals surface area (Å²) < 4.78 is 25.8. The molecule has 6 rings (SSSR count). The van der Waals surface area contributed by atoms with E-state index in [1.54, 1.807) is 48.1 Å². The smallest absolute Gasteiger partial charge is 0.255 e. The topological polar surface area (TPSA) is 63.8 Å². The van der Waals surface area contributed by atoms with E-state index in [0.717, 1.165) is 47.6 Å². The number of nitrogens with zero attached hydrogens (tertiary/aromatic N) is 1. The van der Waals surface area contributed by atoms with Gasteiger partial charge >= 0.3 is 0 Å². The number of amides is 1. The number of aryl methyl sites for hydroxylation is 1. The molecular formula is C32H27FN2O3S. The molecule has 0 atom stereocenters. The Labute approximate surface area is 230 Å². The van der Waals surface area contributed by atoms with Crippen molar-refractivity contribution in [1.29, 1.82) is 0 Å². The van der Waals surface area contributed by atoms with Crippen molar-refractivity contribution in [2.75, 3.05) is 0 Å². The van der Waals surface area contributed by atoms with Gasteiger partial charge < -0.3 is 14.5 Å². The molecule has 2 aromatic heterocycles. The number of fused-ring (bicyclic) bond motifs is 2. The molecule has 1 aliphatic carbocycles. The van der Waals surface area contributed by atoms with E-state index >= 15 is 0 Å². The Morgan fingerprint density at radius 2 is 1.87 bits per heavy atom. The van der Waals surface area contributed by atoms with E-state index in [2.05, 4.69) is 5.32 Å². The van der Waals surface area contributed by atoms with Crippen LogP contribution < -0.4 is 10.1 Å². The maximum absolute atomic E-state index is 14.3. The molecule has 3 aromatic carbocycles. The summed E-state index contributed by atoms with van der Waals surface area (Å²) in [4.78, 5) is 19.5. The number of ether oxygens (including phenoxy) is 1. The largest absolute Gasteiger partial charge is 0.488 e. The summed E-state index contributed by atoms with van der Waals surface area (Å²) in [5.74, 6) is 0.852. The third-order valence-electron chi connectivity index (χ3n) is 6.97. The normalized spacial score (nSPS) is 13.1. The predicted molar refractivity (Wildman–Crippen MR) is 153 cm³/mol. The summed E-state index contributed by atoms with van der Waals surface area (Å²) in [6.45, 7) is 0.413. The minimum atomic E-state index is -0.303. The van der Waals surface area contributed by atoms with Crippen LogP contribution in [-0.4, -0.2) is 12.1 Å². The molecule has 0 fully saturated rings. The molecule has 5 nitrogen and oxygen atoms in total. The SMILES string of the molecule is O=C(NCc1ccco1)c1c(N=Cc2c(OCc3ccccc3F)ccc3ccccc23)sc2c1CCCC2. The van der Waals surface area contributed by atoms with Gasteiger partial charge in [0, 0.05) is 22.2 Å². The minimum Gasteiger partial charge on any atom is -0.488 e. The molecule has 0 bridgehead atoms. The molecule has 0 saturated carbocycles. The molecule has 0 spiro atoms. The predicted octanol–water partition coefficient (Wildman–Crippen LogP) is 7.77. The van der Waals surface area contributed by atoms with Gasteiger partial charge in [0.05, 0.1) is 18.4 Å². The lowest BCUT2D eigenvalue weighted by Gasteiger charge is -2.13. The highest BCUT2D eigenvalue weighted by Crippen LogP contribution is 2.40. The molecule has 2 heterocycles. The molecule has 7 heteroatoms. The van der Waals surface area contributed by atoms with Gasteiger partial charge in [0.25, 0.3) is 5.91 Å². The zero-order valence-electron chi connectivity index (χ0n) is 21.3. The van der Waals surface area contributed by atoms with Gasteiger partial charge in [-0.3, -0.25) is 4.79 Å². The highest BCUT2D eigenvalue weighted by molar-refractivity contribution is 7.16. The van der Waals surface area contributed by atoms with E-state index in [1.165, 1.54) is 10.9 Å². The molecule has 1 N–H and O–H groups in total. The van der Waals surface area contributed by atoms with Crippen molar-refractivity contribution in [3.8, 4) is 5.75 Å². The Bertz CT molecular complexity index is 1660. The summed E-state index contributed by atoms with van der Waals surface area (Å²) in [6, 6.07) is 22.1. The van der Waals surface area contributed by atoms with Gasteiger partial charge in [-0.05, 0) is 66.3 Å². The number of benzene rings is 3. The van der Waals surface area contributed by atoms with Gasteiger partial charge in [-0.2, -0.15) is 0 Å². The molecule has 0 radical (unpaired) electrons. The van der Waals surface area contributed by atoms with Gasteiger partial charge in [0.15, 0.2) is 0 Å². The molecule has 0 saturated heterocycles. The lowest BCUT2D eigenvalue weighted by Crippen LogP contribution is -2.23. The number of carbonyl (C=O) groups is 1. The van der Waals surface area contributed by atoms with Gasteiger partial charge in [-0.1, -0.05) is 48.5 Å². The van der Waals surface area contributed by atoms with Crippen molar-refractivity contribution in [3.05, 3.63) is 118 Å². The van der Waals surface area contributed by atoms with E-state index < -0.39 is 0 Å². The third kappa shape index (κ3) is 5.36. The summed E-state index contributed by atoms with van der Waals surface area (Å²) in [6.07, 6.45) is 7.37. The standard InChI is InChI=1S/C32H27FN2O3S/c33-27-13-5-2-9-22(27)20-38-28-16-15-21-8-1-3-11-24(21)26(28)19-35-32-30(25-12-4-6-14-29(25)39-32)31(36)34-18-23-10-7-17-37-23/h1-3,5,7-11,13,15-17,19H,4,6,12,14,18,20H2,(H,34,36). The monoisotopic (exact) mass is 538 g/mol. The van der Waals surface area contributed by atoms with Crippen LogP contribution >= 0.6 is 11.3 Å². The molecule has 0 unspecified atom stereocenters. The number of hydrogen-bond donors (Lipinski definition) is 1. The summed E-state index contributed by atoms with van der Waals surface area (Å²) in [5.41, 5.74) is 3.02. The number of hydrogen-bond acceptors (Lipinski definition) is 5. The number of thiophene rings is 1. The van der Waals surface area contributed by atoms with Crippen molar-refractivity contribution in [1.82, 2.24) is 5.32 Å². The summed E-state index contributed by atoms with van der Waals surface area (Å²) in [7, 11) is 0. The van der Waals surface area contributed by atoms with Crippen LogP contribution in [0.2, 0.25) is 0 Å². The van der Waals surface area contributed by atoms with E-state index in [1.807, 2.05) is 42.5 Å². The van der Waals surface area contributed by atoms with Crippen LogP contribution in [-0.2, 0) is 26.0 Å². The number of furan rings is 1. The lowest BCUT2D eigenvalue weighted by atomic mass is 9.95. The van der Waals surface area contributed by atoms with E-state index in [9.17, 15) is 9.18 Å². The molecule has 1 amide bonds. The Morgan fingerprint density at radius 3 is 2.74 bits per heavy atom. The Balaban J connectivity index is 1.35. The molecule has 39 heavy (non-hydrogen) atoms. The van der Waals surface area contributed by atoms with Gasteiger partial charge in [-0.25, -0.2) is 9.38 Å². The van der Waals surface area contributed by atoms with Crippen molar-refractivity contribution in [3.63, 3.8) is 0 Å². The first kappa shape index (κ1) is 25.1. The van der Waals surface area contributed by atoms with Crippen LogP contribution in [0.5, 0.6) is 5.75 Å². The zero-order chi connectivity index (χ0) is 26.6. The molecule has 1 aliphatic rings. The average molecular weight is 539 g/mol. The van der Waals surface area contributed by atoms with Crippen molar-refractivity contribution >= 4 is 39.2 Å². The molecular weight excluding hydrogens is 511 g/mol.